The van der Waals surface area contributed by atoms with Crippen molar-refractivity contribution >= 4 is 18.2 Å². The molecular weight excluding hydrogens is 504 g/mol. The Hall–Kier alpha value is -3.82. The predicted molar refractivity (Wildman–Crippen MR) is 142 cm³/mol. The Morgan fingerprint density at radius 1 is 0.872 bits per heavy atom. The zero-order valence-electron chi connectivity index (χ0n) is 23.6. The number of nitrogens with zero attached hydrogens (tertiary/aromatic N) is 2. The lowest BCUT2D eigenvalue weighted by atomic mass is 10.0. The van der Waals surface area contributed by atoms with Gasteiger partial charge in [-0.2, -0.15) is 0 Å². The van der Waals surface area contributed by atoms with Crippen LogP contribution < -0.4 is 4.74 Å². The molecule has 0 saturated carbocycles. The van der Waals surface area contributed by atoms with Gasteiger partial charge in [-0.15, -0.1) is 0 Å². The second-order valence-corrected chi connectivity index (χ2v) is 11.4. The van der Waals surface area contributed by atoms with Crippen LogP contribution in [0.4, 0.5) is 9.59 Å². The average molecular weight is 543 g/mol. The highest BCUT2D eigenvalue weighted by Gasteiger charge is 2.50. The van der Waals surface area contributed by atoms with Crippen molar-refractivity contribution in [1.29, 1.82) is 0 Å². The van der Waals surface area contributed by atoms with Gasteiger partial charge in [-0.05, 0) is 83.4 Å². The Morgan fingerprint density at radius 3 is 2.05 bits per heavy atom. The highest BCUT2D eigenvalue weighted by molar-refractivity contribution is 5.74. The molecule has 0 spiro atoms. The number of likely N-dealkylation sites (tertiary alicyclic amines) is 1. The van der Waals surface area contributed by atoms with Crippen LogP contribution in [0, 0.1) is 0 Å². The monoisotopic (exact) mass is 542 g/mol. The second kappa shape index (κ2) is 12.4. The molecule has 39 heavy (non-hydrogen) atoms. The van der Waals surface area contributed by atoms with Crippen molar-refractivity contribution in [1.82, 2.24) is 9.88 Å². The molecule has 1 amide bonds. The Labute approximate surface area is 229 Å². The Balaban J connectivity index is 1.93. The Kier molecular flexibility index (Phi) is 9.42. The van der Waals surface area contributed by atoms with Crippen LogP contribution in [-0.2, 0) is 36.6 Å². The number of benzene rings is 1. The lowest BCUT2D eigenvalue weighted by Gasteiger charge is -2.30. The molecule has 1 fully saturated rings. The molecule has 1 aromatic heterocycles. The zero-order valence-corrected chi connectivity index (χ0v) is 23.6. The molecule has 0 aliphatic carbocycles. The quantitative estimate of drug-likeness (QED) is 0.362. The molecule has 1 aliphatic rings. The molecule has 1 aromatic carbocycles. The summed E-state index contributed by atoms with van der Waals surface area (Å²) in [6.07, 6.45) is -0.00110. The van der Waals surface area contributed by atoms with Gasteiger partial charge in [-0.1, -0.05) is 12.1 Å². The largest absolute Gasteiger partial charge is 0.509 e. The Morgan fingerprint density at radius 2 is 1.49 bits per heavy atom. The van der Waals surface area contributed by atoms with Gasteiger partial charge in [0.1, 0.15) is 17.0 Å². The standard InChI is InChI=1S/C29H38N2O8/c1-28(2,3)38-26(33)31-18-23(36-27(34)39-29(4,5)6)25(37-24(32)17-20-12-14-30-15-13-20)22(31)16-19-8-10-21(35-7)11-9-19/h8-15,22-23,25H,16-18H2,1-7H3/t22-,23+,25+/m1/s1. The number of hydrogen-bond acceptors (Lipinski definition) is 9. The molecule has 10 heteroatoms. The van der Waals surface area contributed by atoms with Crippen molar-refractivity contribution in [2.45, 2.75) is 83.8 Å². The molecular formula is C29H38N2O8. The van der Waals surface area contributed by atoms with Crippen molar-refractivity contribution in [3.05, 3.63) is 59.9 Å². The van der Waals surface area contributed by atoms with E-state index in [0.29, 0.717) is 17.7 Å². The highest BCUT2D eigenvalue weighted by atomic mass is 16.7. The van der Waals surface area contributed by atoms with Gasteiger partial charge in [-0.3, -0.25) is 14.7 Å². The van der Waals surface area contributed by atoms with E-state index in [9.17, 15) is 14.4 Å². The number of carbonyl (C=O) groups is 3. The molecule has 10 nitrogen and oxygen atoms in total. The van der Waals surface area contributed by atoms with Gasteiger partial charge < -0.3 is 23.7 Å². The SMILES string of the molecule is COc1ccc(C[C@@H]2[C@H](OC(=O)Cc3ccncc3)[C@@H](OC(=O)OC(C)(C)C)CN2C(=O)OC(C)(C)C)cc1. The van der Waals surface area contributed by atoms with Crippen LogP contribution in [0.2, 0.25) is 0 Å². The van der Waals surface area contributed by atoms with Crippen molar-refractivity contribution in [3.8, 4) is 5.75 Å². The van der Waals surface area contributed by atoms with Crippen LogP contribution in [0.3, 0.4) is 0 Å². The van der Waals surface area contributed by atoms with Crippen LogP contribution in [0.1, 0.15) is 52.7 Å². The van der Waals surface area contributed by atoms with E-state index in [-0.39, 0.29) is 13.0 Å². The number of ether oxygens (including phenoxy) is 5. The first-order valence-corrected chi connectivity index (χ1v) is 12.8. The fourth-order valence-corrected chi connectivity index (χ4v) is 4.14. The molecule has 3 atom stereocenters. The van der Waals surface area contributed by atoms with E-state index < -0.39 is 47.7 Å². The molecule has 212 valence electrons. The summed E-state index contributed by atoms with van der Waals surface area (Å²) in [7, 11) is 1.58. The van der Waals surface area contributed by atoms with Crippen molar-refractivity contribution in [2.24, 2.45) is 0 Å². The number of rotatable bonds is 7. The van der Waals surface area contributed by atoms with Gasteiger partial charge in [-0.25, -0.2) is 9.59 Å². The minimum atomic E-state index is -0.975. The first-order chi connectivity index (χ1) is 18.2. The Bertz CT molecular complexity index is 1120. The number of methoxy groups -OCH3 is 1. The minimum Gasteiger partial charge on any atom is -0.497 e. The van der Waals surface area contributed by atoms with Crippen LogP contribution >= 0.6 is 0 Å². The van der Waals surface area contributed by atoms with Gasteiger partial charge in [0.05, 0.1) is 26.1 Å². The normalized spacial score (nSPS) is 19.3. The number of aromatic nitrogens is 1. The number of esters is 1. The lowest BCUT2D eigenvalue weighted by molar-refractivity contribution is -0.155. The van der Waals surface area contributed by atoms with Gasteiger partial charge in [0.25, 0.3) is 0 Å². The summed E-state index contributed by atoms with van der Waals surface area (Å²) in [5.74, 6) is 0.149. The fourth-order valence-electron chi connectivity index (χ4n) is 4.14. The molecule has 0 bridgehead atoms. The maximum absolute atomic E-state index is 13.3. The highest BCUT2D eigenvalue weighted by Crippen LogP contribution is 2.30. The summed E-state index contributed by atoms with van der Waals surface area (Å²) < 4.78 is 27.8. The molecule has 0 unspecified atom stereocenters. The molecule has 2 aromatic rings. The van der Waals surface area contributed by atoms with E-state index in [2.05, 4.69) is 4.98 Å². The number of hydrogen-bond donors (Lipinski definition) is 0. The topological polar surface area (TPSA) is 113 Å². The molecule has 0 radical (unpaired) electrons. The third-order valence-corrected chi connectivity index (χ3v) is 5.76. The van der Waals surface area contributed by atoms with Crippen molar-refractivity contribution in [2.75, 3.05) is 13.7 Å². The van der Waals surface area contributed by atoms with Gasteiger partial charge in [0.15, 0.2) is 12.2 Å². The van der Waals surface area contributed by atoms with Gasteiger partial charge >= 0.3 is 18.2 Å². The summed E-state index contributed by atoms with van der Waals surface area (Å²) >= 11 is 0. The smallest absolute Gasteiger partial charge is 0.497 e. The van der Waals surface area contributed by atoms with E-state index in [1.165, 1.54) is 4.90 Å². The van der Waals surface area contributed by atoms with Crippen molar-refractivity contribution in [3.63, 3.8) is 0 Å². The number of amides is 1. The molecule has 2 heterocycles. The summed E-state index contributed by atoms with van der Waals surface area (Å²) in [5, 5.41) is 0. The summed E-state index contributed by atoms with van der Waals surface area (Å²) in [5.41, 5.74) is 0.0198. The third-order valence-electron chi connectivity index (χ3n) is 5.76. The van der Waals surface area contributed by atoms with Gasteiger partial charge in [0, 0.05) is 12.4 Å². The number of carbonyl (C=O) groups excluding carboxylic acids is 3. The van der Waals surface area contributed by atoms with Crippen LogP contribution in [-0.4, -0.2) is 71.2 Å². The number of pyridine rings is 1. The zero-order chi connectivity index (χ0) is 28.8. The molecule has 3 rings (SSSR count). The summed E-state index contributed by atoms with van der Waals surface area (Å²) in [6, 6.07) is 10.1. The van der Waals surface area contributed by atoms with Crippen LogP contribution in [0.5, 0.6) is 5.75 Å². The average Bonchev–Trinajstić information content (AvgIpc) is 3.14. The third kappa shape index (κ3) is 9.15. The fraction of sp³-hybridized carbons (Fsp3) is 0.517. The van der Waals surface area contributed by atoms with Gasteiger partial charge in [0.2, 0.25) is 0 Å². The second-order valence-electron chi connectivity index (χ2n) is 11.4. The molecule has 0 N–H and O–H groups in total. The van der Waals surface area contributed by atoms with E-state index in [4.69, 9.17) is 23.7 Å². The first-order valence-electron chi connectivity index (χ1n) is 12.8. The first kappa shape index (κ1) is 29.7. The minimum absolute atomic E-state index is 0.0140. The van der Waals surface area contributed by atoms with E-state index in [1.807, 2.05) is 12.1 Å². The predicted octanol–water partition coefficient (Wildman–Crippen LogP) is 4.73. The molecule has 1 aliphatic heterocycles. The maximum atomic E-state index is 13.3. The van der Waals surface area contributed by atoms with E-state index >= 15 is 0 Å². The lowest BCUT2D eigenvalue weighted by Crippen LogP contribution is -2.45. The van der Waals surface area contributed by atoms with Crippen LogP contribution in [0.15, 0.2) is 48.8 Å². The summed E-state index contributed by atoms with van der Waals surface area (Å²) in [4.78, 5) is 44.4. The van der Waals surface area contributed by atoms with Crippen molar-refractivity contribution < 1.29 is 38.1 Å². The summed E-state index contributed by atoms with van der Waals surface area (Å²) in [6.45, 7) is 10.4. The molecule has 1 saturated heterocycles. The van der Waals surface area contributed by atoms with E-state index in [0.717, 1.165) is 5.56 Å². The maximum Gasteiger partial charge on any atom is 0.509 e. The van der Waals surface area contributed by atoms with Crippen LogP contribution in [0.25, 0.3) is 0 Å². The van der Waals surface area contributed by atoms with E-state index in [1.54, 1.807) is 85.3 Å².